The molecular weight excluding hydrogens is 559 g/mol. The molecular formula is C36H45FN2O5. The van der Waals surface area contributed by atoms with Gasteiger partial charge < -0.3 is 14.6 Å². The van der Waals surface area contributed by atoms with Crippen LogP contribution in [-0.4, -0.2) is 59.5 Å². The number of Topliss-reactive ketones (excluding diaryl/α,β-unsaturated/α-hetero) is 1. The van der Waals surface area contributed by atoms with Crippen molar-refractivity contribution in [1.82, 2.24) is 9.80 Å². The highest BCUT2D eigenvalue weighted by atomic mass is 19.1. The molecule has 1 fully saturated rings. The van der Waals surface area contributed by atoms with Crippen LogP contribution < -0.4 is 4.74 Å². The third-order valence-corrected chi connectivity index (χ3v) is 8.11. The summed E-state index contributed by atoms with van der Waals surface area (Å²) in [7, 11) is 0. The number of ether oxygens (including phenoxy) is 2. The Morgan fingerprint density at radius 2 is 1.75 bits per heavy atom. The van der Waals surface area contributed by atoms with E-state index >= 15 is 0 Å². The molecule has 0 amide bonds. The molecule has 0 aliphatic carbocycles. The van der Waals surface area contributed by atoms with E-state index in [2.05, 4.69) is 22.8 Å². The summed E-state index contributed by atoms with van der Waals surface area (Å²) in [6.45, 7) is 8.84. The van der Waals surface area contributed by atoms with Crippen molar-refractivity contribution >= 4 is 11.8 Å². The minimum Gasteiger partial charge on any atom is -0.508 e. The molecule has 3 aromatic carbocycles. The van der Waals surface area contributed by atoms with Crippen LogP contribution in [0.25, 0.3) is 0 Å². The number of piperidine rings is 1. The first-order valence-corrected chi connectivity index (χ1v) is 15.7. The van der Waals surface area contributed by atoms with Crippen LogP contribution in [0.15, 0.2) is 66.7 Å². The SMILES string of the molecule is CCCN(Cc1ccc(F)cc1)Cc1cc(C(=O)CCC2CCN(Cc3cccc(OCC(=O)OCC)c3)CC2)ccc1O. The number of rotatable bonds is 16. The molecule has 1 N–H and O–H groups in total. The zero-order valence-electron chi connectivity index (χ0n) is 26.0. The normalized spacial score (nSPS) is 14.1. The molecule has 0 unspecified atom stereocenters. The Labute approximate surface area is 260 Å². The van der Waals surface area contributed by atoms with Crippen molar-refractivity contribution in [2.45, 2.75) is 65.6 Å². The second kappa shape index (κ2) is 16.9. The Morgan fingerprint density at radius 3 is 2.48 bits per heavy atom. The van der Waals surface area contributed by atoms with E-state index in [1.807, 2.05) is 24.3 Å². The molecule has 0 saturated carbocycles. The number of ketones is 1. The highest BCUT2D eigenvalue weighted by Crippen LogP contribution is 2.27. The minimum atomic E-state index is -0.374. The van der Waals surface area contributed by atoms with Gasteiger partial charge in [0.05, 0.1) is 6.61 Å². The van der Waals surface area contributed by atoms with E-state index in [9.17, 15) is 19.1 Å². The van der Waals surface area contributed by atoms with Gasteiger partial charge in [0.1, 0.15) is 17.3 Å². The predicted molar refractivity (Wildman–Crippen MR) is 169 cm³/mol. The topological polar surface area (TPSA) is 79.3 Å². The van der Waals surface area contributed by atoms with Gasteiger partial charge in [-0.3, -0.25) is 14.6 Å². The number of aromatic hydroxyl groups is 1. The number of nitrogens with zero attached hydrogens (tertiary/aromatic N) is 2. The standard InChI is InChI=1S/C36H45FN2O5/c1-3-18-39(23-28-8-12-32(37)13-9-28)25-31-22-30(11-15-35(31)41)34(40)14-10-27-16-19-38(20-17-27)24-29-6-5-7-33(21-29)44-26-36(42)43-4-2/h5-9,11-13,15,21-22,27,41H,3-4,10,14,16-20,23-26H2,1-2H3. The Hall–Kier alpha value is -3.75. The average molecular weight is 605 g/mol. The maximum atomic E-state index is 13.3. The first-order valence-electron chi connectivity index (χ1n) is 15.7. The Bertz CT molecular complexity index is 1350. The molecule has 3 aromatic rings. The fourth-order valence-corrected chi connectivity index (χ4v) is 5.75. The van der Waals surface area contributed by atoms with E-state index in [-0.39, 0.29) is 29.9 Å². The first kappa shape index (κ1) is 33.1. The lowest BCUT2D eigenvalue weighted by Gasteiger charge is -2.32. The van der Waals surface area contributed by atoms with Gasteiger partial charge in [-0.15, -0.1) is 0 Å². The molecule has 0 bridgehead atoms. The first-order chi connectivity index (χ1) is 21.3. The maximum absolute atomic E-state index is 13.3. The van der Waals surface area contributed by atoms with Crippen LogP contribution in [0, 0.1) is 11.7 Å². The Morgan fingerprint density at radius 1 is 0.977 bits per heavy atom. The molecule has 1 saturated heterocycles. The highest BCUT2D eigenvalue weighted by Gasteiger charge is 2.21. The molecule has 0 spiro atoms. The number of phenols is 1. The second-order valence-electron chi connectivity index (χ2n) is 11.6. The third kappa shape index (κ3) is 10.5. The van der Waals surface area contributed by atoms with Crippen LogP contribution >= 0.6 is 0 Å². The van der Waals surface area contributed by atoms with Gasteiger partial charge in [-0.05, 0) is 112 Å². The fourth-order valence-electron chi connectivity index (χ4n) is 5.75. The number of esters is 1. The number of hydrogen-bond donors (Lipinski definition) is 1. The Kier molecular flexibility index (Phi) is 12.8. The van der Waals surface area contributed by atoms with Gasteiger partial charge in [0, 0.05) is 37.2 Å². The molecule has 1 aliphatic rings. The van der Waals surface area contributed by atoms with Gasteiger partial charge in [-0.1, -0.05) is 31.2 Å². The summed E-state index contributed by atoms with van der Waals surface area (Å²) >= 11 is 0. The lowest BCUT2D eigenvalue weighted by Crippen LogP contribution is -2.33. The summed E-state index contributed by atoms with van der Waals surface area (Å²) in [5.74, 6) is 0.821. The van der Waals surface area contributed by atoms with Crippen molar-refractivity contribution in [3.63, 3.8) is 0 Å². The van der Waals surface area contributed by atoms with Gasteiger partial charge in [-0.2, -0.15) is 0 Å². The summed E-state index contributed by atoms with van der Waals surface area (Å²) in [6.07, 6.45) is 4.37. The zero-order chi connectivity index (χ0) is 31.3. The van der Waals surface area contributed by atoms with Gasteiger partial charge in [0.15, 0.2) is 12.4 Å². The van der Waals surface area contributed by atoms with Gasteiger partial charge in [0.2, 0.25) is 0 Å². The van der Waals surface area contributed by atoms with E-state index in [0.29, 0.717) is 43.3 Å². The van der Waals surface area contributed by atoms with Crippen molar-refractivity contribution in [2.24, 2.45) is 5.92 Å². The molecule has 7 nitrogen and oxygen atoms in total. The average Bonchev–Trinajstić information content (AvgIpc) is 3.02. The number of likely N-dealkylation sites (tertiary alicyclic amines) is 1. The second-order valence-corrected chi connectivity index (χ2v) is 11.6. The van der Waals surface area contributed by atoms with E-state index in [1.165, 1.54) is 12.1 Å². The summed E-state index contributed by atoms with van der Waals surface area (Å²) in [4.78, 5) is 29.4. The highest BCUT2D eigenvalue weighted by molar-refractivity contribution is 5.96. The lowest BCUT2D eigenvalue weighted by atomic mass is 9.90. The smallest absolute Gasteiger partial charge is 0.344 e. The number of hydrogen-bond acceptors (Lipinski definition) is 7. The number of carbonyl (C=O) groups is 2. The maximum Gasteiger partial charge on any atom is 0.344 e. The van der Waals surface area contributed by atoms with Crippen molar-refractivity contribution in [3.8, 4) is 11.5 Å². The quantitative estimate of drug-likeness (QED) is 0.143. The summed E-state index contributed by atoms with van der Waals surface area (Å²) in [5.41, 5.74) is 3.51. The van der Waals surface area contributed by atoms with Crippen LogP contribution in [0.5, 0.6) is 11.5 Å². The predicted octanol–water partition coefficient (Wildman–Crippen LogP) is 6.76. The van der Waals surface area contributed by atoms with Gasteiger partial charge >= 0.3 is 5.97 Å². The Balaban J connectivity index is 1.24. The minimum absolute atomic E-state index is 0.0956. The monoisotopic (exact) mass is 604 g/mol. The van der Waals surface area contributed by atoms with E-state index in [4.69, 9.17) is 9.47 Å². The van der Waals surface area contributed by atoms with Crippen LogP contribution in [0.2, 0.25) is 0 Å². The number of carbonyl (C=O) groups excluding carboxylic acids is 2. The van der Waals surface area contributed by atoms with Gasteiger partial charge in [-0.25, -0.2) is 9.18 Å². The van der Waals surface area contributed by atoms with Crippen molar-refractivity contribution in [3.05, 3.63) is 94.8 Å². The van der Waals surface area contributed by atoms with Crippen molar-refractivity contribution < 1.29 is 28.6 Å². The molecule has 1 aliphatic heterocycles. The van der Waals surface area contributed by atoms with E-state index in [0.717, 1.165) is 68.6 Å². The van der Waals surface area contributed by atoms with E-state index in [1.54, 1.807) is 31.2 Å². The molecule has 4 rings (SSSR count). The summed E-state index contributed by atoms with van der Waals surface area (Å²) < 4.78 is 23.8. The molecule has 236 valence electrons. The summed E-state index contributed by atoms with van der Waals surface area (Å²) in [5, 5.41) is 10.6. The van der Waals surface area contributed by atoms with Crippen molar-refractivity contribution in [2.75, 3.05) is 32.8 Å². The van der Waals surface area contributed by atoms with Crippen LogP contribution in [-0.2, 0) is 29.2 Å². The van der Waals surface area contributed by atoms with E-state index < -0.39 is 0 Å². The van der Waals surface area contributed by atoms with Gasteiger partial charge in [0.25, 0.3) is 0 Å². The molecule has 0 radical (unpaired) electrons. The van der Waals surface area contributed by atoms with Crippen LogP contribution in [0.1, 0.15) is 73.0 Å². The molecule has 0 aromatic heterocycles. The zero-order valence-corrected chi connectivity index (χ0v) is 26.0. The lowest BCUT2D eigenvalue weighted by molar-refractivity contribution is -0.145. The van der Waals surface area contributed by atoms with Crippen LogP contribution in [0.4, 0.5) is 4.39 Å². The fraction of sp³-hybridized carbons (Fsp3) is 0.444. The summed E-state index contributed by atoms with van der Waals surface area (Å²) in [6, 6.07) is 19.5. The molecule has 8 heteroatoms. The molecule has 1 heterocycles. The molecule has 0 atom stereocenters. The number of benzene rings is 3. The van der Waals surface area contributed by atoms with Crippen LogP contribution in [0.3, 0.4) is 0 Å². The largest absolute Gasteiger partial charge is 0.508 e. The van der Waals surface area contributed by atoms with Crippen molar-refractivity contribution in [1.29, 1.82) is 0 Å². The third-order valence-electron chi connectivity index (χ3n) is 8.11. The number of phenolic OH excluding ortho intramolecular Hbond substituents is 1. The molecule has 44 heavy (non-hydrogen) atoms. The number of halogens is 1.